The molecule has 0 aliphatic heterocycles. The Labute approximate surface area is 158 Å². The number of rotatable bonds is 11. The average Bonchev–Trinajstić information content (AvgIpc) is 2.64. The minimum Gasteiger partial charge on any atom is -0.508 e. The van der Waals surface area contributed by atoms with Gasteiger partial charge in [-0.15, -0.1) is 0 Å². The molecule has 0 bridgehead atoms. The van der Waals surface area contributed by atoms with Gasteiger partial charge in [-0.3, -0.25) is 0 Å². The molecule has 0 fully saturated rings. The minimum atomic E-state index is -1.01. The number of aliphatic carboxylic acids is 1. The number of phenolic OH excluding ortho intramolecular Hbond substituents is 1. The fraction of sp³-hybridized carbons (Fsp3) is 0.350. The van der Waals surface area contributed by atoms with Crippen LogP contribution in [0.15, 0.2) is 48.5 Å². The van der Waals surface area contributed by atoms with Crippen molar-refractivity contribution in [1.82, 2.24) is 5.32 Å². The summed E-state index contributed by atoms with van der Waals surface area (Å²) in [4.78, 5) is 10.5. The van der Waals surface area contributed by atoms with E-state index in [4.69, 9.17) is 14.6 Å². The zero-order valence-electron chi connectivity index (χ0n) is 15.2. The molecule has 2 aromatic carbocycles. The average molecular weight is 375 g/mol. The van der Waals surface area contributed by atoms with Gasteiger partial charge in [0.25, 0.3) is 0 Å². The molecule has 4 N–H and O–H groups in total. The highest BCUT2D eigenvalue weighted by atomic mass is 16.5. The van der Waals surface area contributed by atoms with Crippen LogP contribution >= 0.6 is 0 Å². The van der Waals surface area contributed by atoms with Gasteiger partial charge in [0.15, 0.2) is 6.61 Å². The summed E-state index contributed by atoms with van der Waals surface area (Å²) in [7, 11) is 0. The summed E-state index contributed by atoms with van der Waals surface area (Å²) < 4.78 is 10.5. The van der Waals surface area contributed by atoms with Gasteiger partial charge >= 0.3 is 5.97 Å². The third-order valence-corrected chi connectivity index (χ3v) is 3.79. The van der Waals surface area contributed by atoms with Crippen molar-refractivity contribution in [1.29, 1.82) is 0 Å². The van der Waals surface area contributed by atoms with Crippen molar-refractivity contribution in [3.63, 3.8) is 0 Å². The Balaban J connectivity index is 1.68. The maximum absolute atomic E-state index is 10.5. The lowest BCUT2D eigenvalue weighted by Gasteiger charge is -2.18. The Morgan fingerprint density at radius 2 is 1.85 bits per heavy atom. The summed E-state index contributed by atoms with van der Waals surface area (Å²) in [6.45, 7) is 2.15. The highest BCUT2D eigenvalue weighted by Crippen LogP contribution is 2.17. The summed E-state index contributed by atoms with van der Waals surface area (Å²) in [5.41, 5.74) is 1.07. The molecule has 2 rings (SSSR count). The summed E-state index contributed by atoms with van der Waals surface area (Å²) in [5.74, 6) is 0.130. The van der Waals surface area contributed by atoms with Crippen LogP contribution in [-0.2, 0) is 11.2 Å². The molecule has 2 unspecified atom stereocenters. The van der Waals surface area contributed by atoms with Crippen LogP contribution in [-0.4, -0.2) is 53.2 Å². The molecule has 0 amide bonds. The van der Waals surface area contributed by atoms with E-state index in [0.29, 0.717) is 18.0 Å². The zero-order valence-corrected chi connectivity index (χ0v) is 15.2. The number of nitrogens with one attached hydrogen (secondary N) is 1. The maximum atomic E-state index is 10.5. The molecule has 0 saturated carbocycles. The number of carboxylic acid groups (broad SMARTS) is 1. The highest BCUT2D eigenvalue weighted by Gasteiger charge is 2.09. The Morgan fingerprint density at radius 1 is 1.11 bits per heavy atom. The van der Waals surface area contributed by atoms with E-state index in [9.17, 15) is 15.0 Å². The van der Waals surface area contributed by atoms with Crippen molar-refractivity contribution in [3.8, 4) is 17.2 Å². The molecule has 0 radical (unpaired) electrons. The maximum Gasteiger partial charge on any atom is 0.341 e. The summed E-state index contributed by atoms with van der Waals surface area (Å²) in [6.07, 6.45) is 0.0703. The van der Waals surface area contributed by atoms with Gasteiger partial charge in [0.1, 0.15) is 30.0 Å². The quantitative estimate of drug-likeness (QED) is 0.474. The largest absolute Gasteiger partial charge is 0.508 e. The van der Waals surface area contributed by atoms with Crippen LogP contribution < -0.4 is 14.8 Å². The van der Waals surface area contributed by atoms with E-state index in [1.807, 2.05) is 19.1 Å². The number of aliphatic hydroxyl groups is 1. The van der Waals surface area contributed by atoms with Crippen molar-refractivity contribution in [2.45, 2.75) is 25.5 Å². The summed E-state index contributed by atoms with van der Waals surface area (Å²) >= 11 is 0. The van der Waals surface area contributed by atoms with Crippen LogP contribution in [0.4, 0.5) is 0 Å². The lowest BCUT2D eigenvalue weighted by Crippen LogP contribution is -2.37. The molecule has 2 atom stereocenters. The Hall–Kier alpha value is -2.77. The van der Waals surface area contributed by atoms with Crippen molar-refractivity contribution in [2.75, 3.05) is 19.8 Å². The standard InChI is InChI=1S/C20H25NO6/c1-14(9-15-5-7-18(8-6-15)27-13-20(24)25)21-11-17(23)12-26-19-4-2-3-16(22)10-19/h2-8,10,14,17,21-23H,9,11-13H2,1H3,(H,24,25). The van der Waals surface area contributed by atoms with Crippen molar-refractivity contribution < 1.29 is 29.6 Å². The topological polar surface area (TPSA) is 108 Å². The number of benzene rings is 2. The predicted molar refractivity (Wildman–Crippen MR) is 100 cm³/mol. The van der Waals surface area contributed by atoms with E-state index >= 15 is 0 Å². The normalized spacial score (nSPS) is 13.0. The SMILES string of the molecule is CC(Cc1ccc(OCC(=O)O)cc1)NCC(O)COc1cccc(O)c1. The predicted octanol–water partition coefficient (Wildman–Crippen LogP) is 1.82. The summed E-state index contributed by atoms with van der Waals surface area (Å²) in [6, 6.07) is 13.8. The van der Waals surface area contributed by atoms with Crippen molar-refractivity contribution >= 4 is 5.97 Å². The molecule has 0 aromatic heterocycles. The summed E-state index contributed by atoms with van der Waals surface area (Å²) in [5, 5.41) is 31.2. The Morgan fingerprint density at radius 3 is 2.52 bits per heavy atom. The number of hydrogen-bond acceptors (Lipinski definition) is 6. The van der Waals surface area contributed by atoms with Gasteiger partial charge in [0.2, 0.25) is 0 Å². The second-order valence-corrected chi connectivity index (χ2v) is 6.30. The molecule has 0 spiro atoms. The molecular formula is C20H25NO6. The molecule has 0 saturated heterocycles. The number of carbonyl (C=O) groups is 1. The van der Waals surface area contributed by atoms with Crippen LogP contribution in [0.2, 0.25) is 0 Å². The van der Waals surface area contributed by atoms with Gasteiger partial charge in [-0.25, -0.2) is 4.79 Å². The van der Waals surface area contributed by atoms with E-state index in [1.54, 1.807) is 30.3 Å². The fourth-order valence-electron chi connectivity index (χ4n) is 2.45. The van der Waals surface area contributed by atoms with E-state index in [-0.39, 0.29) is 25.0 Å². The highest BCUT2D eigenvalue weighted by molar-refractivity contribution is 5.68. The molecule has 7 nitrogen and oxygen atoms in total. The molecular weight excluding hydrogens is 350 g/mol. The number of phenols is 1. The first-order chi connectivity index (χ1) is 12.9. The van der Waals surface area contributed by atoms with Gasteiger partial charge < -0.3 is 30.1 Å². The second kappa shape index (κ2) is 10.4. The number of hydrogen-bond donors (Lipinski definition) is 4. The lowest BCUT2D eigenvalue weighted by molar-refractivity contribution is -0.139. The lowest BCUT2D eigenvalue weighted by atomic mass is 10.1. The van der Waals surface area contributed by atoms with E-state index in [0.717, 1.165) is 12.0 Å². The Kier molecular flexibility index (Phi) is 7.91. The number of aromatic hydroxyl groups is 1. The van der Waals surface area contributed by atoms with Crippen molar-refractivity contribution in [2.24, 2.45) is 0 Å². The van der Waals surface area contributed by atoms with E-state index < -0.39 is 12.1 Å². The molecule has 0 aliphatic carbocycles. The van der Waals surface area contributed by atoms with Gasteiger partial charge in [-0.1, -0.05) is 18.2 Å². The van der Waals surface area contributed by atoms with Gasteiger partial charge in [0, 0.05) is 18.7 Å². The molecule has 146 valence electrons. The molecule has 27 heavy (non-hydrogen) atoms. The first-order valence-corrected chi connectivity index (χ1v) is 8.69. The third-order valence-electron chi connectivity index (χ3n) is 3.79. The van der Waals surface area contributed by atoms with Crippen LogP contribution in [0.5, 0.6) is 17.2 Å². The Bertz CT molecular complexity index is 719. The van der Waals surface area contributed by atoms with Gasteiger partial charge in [-0.05, 0) is 43.2 Å². The van der Waals surface area contributed by atoms with E-state index in [1.165, 1.54) is 6.07 Å². The molecule has 0 aliphatic rings. The monoisotopic (exact) mass is 375 g/mol. The van der Waals surface area contributed by atoms with Crippen molar-refractivity contribution in [3.05, 3.63) is 54.1 Å². The molecule has 2 aromatic rings. The molecule has 0 heterocycles. The first kappa shape index (κ1) is 20.5. The van der Waals surface area contributed by atoms with Gasteiger partial charge in [-0.2, -0.15) is 0 Å². The molecule has 7 heteroatoms. The van der Waals surface area contributed by atoms with Crippen LogP contribution in [0.25, 0.3) is 0 Å². The van der Waals surface area contributed by atoms with Crippen LogP contribution in [0, 0.1) is 0 Å². The second-order valence-electron chi connectivity index (χ2n) is 6.30. The number of ether oxygens (including phenoxy) is 2. The van der Waals surface area contributed by atoms with E-state index in [2.05, 4.69) is 5.32 Å². The van der Waals surface area contributed by atoms with Gasteiger partial charge in [0.05, 0.1) is 0 Å². The van der Waals surface area contributed by atoms with Crippen LogP contribution in [0.1, 0.15) is 12.5 Å². The number of aliphatic hydroxyl groups excluding tert-OH is 1. The van der Waals surface area contributed by atoms with Crippen LogP contribution in [0.3, 0.4) is 0 Å². The zero-order chi connectivity index (χ0) is 19.6. The smallest absolute Gasteiger partial charge is 0.341 e. The number of carboxylic acids is 1. The minimum absolute atomic E-state index is 0.119. The fourth-order valence-corrected chi connectivity index (χ4v) is 2.45. The first-order valence-electron chi connectivity index (χ1n) is 8.69. The third kappa shape index (κ3) is 7.98.